The van der Waals surface area contributed by atoms with E-state index in [2.05, 4.69) is 24.8 Å². The van der Waals surface area contributed by atoms with Crippen LogP contribution in [0.15, 0.2) is 55.1 Å². The van der Waals surface area contributed by atoms with Crippen LogP contribution in [0.1, 0.15) is 37.7 Å². The first-order chi connectivity index (χ1) is 11.7. The van der Waals surface area contributed by atoms with Crippen molar-refractivity contribution in [3.8, 4) is 11.1 Å². The molecule has 1 aliphatic rings. The molecule has 2 aromatic carbocycles. The van der Waals surface area contributed by atoms with Gasteiger partial charge < -0.3 is 0 Å². The van der Waals surface area contributed by atoms with Gasteiger partial charge in [0, 0.05) is 0 Å². The summed E-state index contributed by atoms with van der Waals surface area (Å²) < 4.78 is 26.4. The molecule has 0 atom stereocenters. The summed E-state index contributed by atoms with van der Waals surface area (Å²) in [4.78, 5) is 0. The van der Waals surface area contributed by atoms with Gasteiger partial charge in [0.1, 0.15) is 0 Å². The normalized spacial score (nSPS) is 20.8. The van der Waals surface area contributed by atoms with Crippen molar-refractivity contribution in [3.63, 3.8) is 0 Å². The summed E-state index contributed by atoms with van der Waals surface area (Å²) in [5, 5.41) is 0. The average Bonchev–Trinajstić information content (AvgIpc) is 2.63. The maximum absolute atomic E-state index is 13.3. The molecule has 2 aromatic rings. The van der Waals surface area contributed by atoms with Crippen molar-refractivity contribution >= 4 is 0 Å². The lowest BCUT2D eigenvalue weighted by Gasteiger charge is -2.26. The summed E-state index contributed by atoms with van der Waals surface area (Å²) in [5.41, 5.74) is 2.94. The molecule has 0 spiro atoms. The van der Waals surface area contributed by atoms with E-state index in [0.717, 1.165) is 23.8 Å². The van der Waals surface area contributed by atoms with E-state index < -0.39 is 11.6 Å². The minimum Gasteiger partial charge on any atom is -0.204 e. The minimum absolute atomic E-state index is 0.711. The third kappa shape index (κ3) is 4.11. The molecule has 0 radical (unpaired) electrons. The smallest absolute Gasteiger partial charge is 0.159 e. The number of allylic oxidation sites excluding steroid dienone is 1. The molecule has 0 nitrogen and oxygen atoms in total. The van der Waals surface area contributed by atoms with E-state index in [0.29, 0.717) is 5.56 Å². The molecule has 2 heteroatoms. The predicted octanol–water partition coefficient (Wildman–Crippen LogP) is 6.56. The van der Waals surface area contributed by atoms with Crippen LogP contribution in [-0.2, 0) is 6.42 Å². The number of halogens is 2. The monoisotopic (exact) mass is 326 g/mol. The highest BCUT2D eigenvalue weighted by atomic mass is 19.2. The van der Waals surface area contributed by atoms with Gasteiger partial charge in [-0.2, -0.15) is 0 Å². The van der Waals surface area contributed by atoms with Crippen LogP contribution in [-0.4, -0.2) is 0 Å². The zero-order valence-electron chi connectivity index (χ0n) is 14.0. The Morgan fingerprint density at radius 1 is 0.875 bits per heavy atom. The van der Waals surface area contributed by atoms with Gasteiger partial charge in [-0.25, -0.2) is 8.78 Å². The van der Waals surface area contributed by atoms with Gasteiger partial charge in [0.05, 0.1) is 0 Å². The number of hydrogen-bond donors (Lipinski definition) is 0. The van der Waals surface area contributed by atoms with E-state index in [-0.39, 0.29) is 0 Å². The maximum Gasteiger partial charge on any atom is 0.159 e. The van der Waals surface area contributed by atoms with Crippen molar-refractivity contribution < 1.29 is 8.78 Å². The minimum atomic E-state index is -0.804. The highest BCUT2D eigenvalue weighted by Crippen LogP contribution is 2.32. The SMILES string of the molecule is C=C[C@H]1CC[C@H](CCc2ccc(-c3ccc(F)c(F)c3)cc2)CC1. The quantitative estimate of drug-likeness (QED) is 0.546. The van der Waals surface area contributed by atoms with E-state index in [1.165, 1.54) is 49.8 Å². The van der Waals surface area contributed by atoms with Gasteiger partial charge in [-0.15, -0.1) is 6.58 Å². The molecule has 126 valence electrons. The van der Waals surface area contributed by atoms with Crippen LogP contribution in [0.5, 0.6) is 0 Å². The molecule has 0 unspecified atom stereocenters. The molecule has 0 amide bonds. The van der Waals surface area contributed by atoms with Crippen molar-refractivity contribution in [3.05, 3.63) is 72.3 Å². The van der Waals surface area contributed by atoms with Crippen molar-refractivity contribution in [2.75, 3.05) is 0 Å². The summed E-state index contributed by atoms with van der Waals surface area (Å²) in [6, 6.07) is 12.2. The van der Waals surface area contributed by atoms with Crippen LogP contribution < -0.4 is 0 Å². The molecule has 1 fully saturated rings. The Morgan fingerprint density at radius 2 is 1.54 bits per heavy atom. The fourth-order valence-corrected chi connectivity index (χ4v) is 3.62. The van der Waals surface area contributed by atoms with E-state index >= 15 is 0 Å². The van der Waals surface area contributed by atoms with Gasteiger partial charge in [-0.05, 0) is 79.2 Å². The Morgan fingerprint density at radius 3 is 2.17 bits per heavy atom. The van der Waals surface area contributed by atoms with E-state index in [4.69, 9.17) is 0 Å². The maximum atomic E-state index is 13.3. The van der Waals surface area contributed by atoms with Gasteiger partial charge in [-0.1, -0.05) is 36.4 Å². The van der Waals surface area contributed by atoms with E-state index in [9.17, 15) is 8.78 Å². The Bertz CT molecular complexity index is 680. The lowest BCUT2D eigenvalue weighted by atomic mass is 9.79. The van der Waals surface area contributed by atoms with Gasteiger partial charge >= 0.3 is 0 Å². The Labute approximate surface area is 143 Å². The molecule has 24 heavy (non-hydrogen) atoms. The van der Waals surface area contributed by atoms with Gasteiger partial charge in [0.25, 0.3) is 0 Å². The second-order valence-corrected chi connectivity index (χ2v) is 6.88. The van der Waals surface area contributed by atoms with E-state index in [1.54, 1.807) is 6.07 Å². The Balaban J connectivity index is 1.57. The zero-order valence-corrected chi connectivity index (χ0v) is 14.0. The van der Waals surface area contributed by atoms with Gasteiger partial charge in [0.15, 0.2) is 11.6 Å². The molecule has 0 bridgehead atoms. The number of aryl methyl sites for hydroxylation is 1. The highest BCUT2D eigenvalue weighted by Gasteiger charge is 2.18. The molecule has 0 saturated heterocycles. The molecule has 0 aliphatic heterocycles. The molecular formula is C22H24F2. The van der Waals surface area contributed by atoms with Crippen LogP contribution in [0.2, 0.25) is 0 Å². The first-order valence-electron chi connectivity index (χ1n) is 8.82. The summed E-state index contributed by atoms with van der Waals surface area (Å²) in [7, 11) is 0. The van der Waals surface area contributed by atoms with Crippen LogP contribution in [0.25, 0.3) is 11.1 Å². The summed E-state index contributed by atoms with van der Waals surface area (Å²) in [6.07, 6.45) is 9.60. The van der Waals surface area contributed by atoms with Crippen LogP contribution in [0.4, 0.5) is 8.78 Å². The fraction of sp³-hybridized carbons (Fsp3) is 0.364. The molecule has 1 saturated carbocycles. The lowest BCUT2D eigenvalue weighted by Crippen LogP contribution is -2.13. The largest absolute Gasteiger partial charge is 0.204 e. The summed E-state index contributed by atoms with van der Waals surface area (Å²) in [5.74, 6) is -0.0584. The molecule has 0 heterocycles. The van der Waals surface area contributed by atoms with Crippen molar-refractivity contribution in [2.45, 2.75) is 38.5 Å². The Hall–Kier alpha value is -1.96. The Kier molecular flexibility index (Phi) is 5.44. The molecule has 1 aliphatic carbocycles. The number of hydrogen-bond acceptors (Lipinski definition) is 0. The number of rotatable bonds is 5. The van der Waals surface area contributed by atoms with Crippen LogP contribution in [0, 0.1) is 23.5 Å². The highest BCUT2D eigenvalue weighted by molar-refractivity contribution is 5.63. The van der Waals surface area contributed by atoms with Gasteiger partial charge in [-0.3, -0.25) is 0 Å². The molecule has 3 rings (SSSR count). The first kappa shape index (κ1) is 16.9. The van der Waals surface area contributed by atoms with Crippen molar-refractivity contribution in [1.29, 1.82) is 0 Å². The first-order valence-corrected chi connectivity index (χ1v) is 8.82. The van der Waals surface area contributed by atoms with Crippen LogP contribution in [0.3, 0.4) is 0 Å². The van der Waals surface area contributed by atoms with Crippen LogP contribution >= 0.6 is 0 Å². The molecular weight excluding hydrogens is 302 g/mol. The average molecular weight is 326 g/mol. The van der Waals surface area contributed by atoms with Crippen molar-refractivity contribution in [1.82, 2.24) is 0 Å². The topological polar surface area (TPSA) is 0 Å². The number of benzene rings is 2. The standard InChI is InChI=1S/C22H24F2/c1-2-16-3-5-17(6-4-16)7-8-18-9-11-19(12-10-18)20-13-14-21(23)22(24)15-20/h2,9-17H,1,3-8H2/t16-,17-. The van der Waals surface area contributed by atoms with E-state index in [1.807, 2.05) is 12.1 Å². The van der Waals surface area contributed by atoms with Gasteiger partial charge in [0.2, 0.25) is 0 Å². The van der Waals surface area contributed by atoms with Crippen molar-refractivity contribution in [2.24, 2.45) is 11.8 Å². The lowest BCUT2D eigenvalue weighted by molar-refractivity contribution is 0.296. The zero-order chi connectivity index (χ0) is 16.9. The second kappa shape index (κ2) is 7.74. The molecule has 0 N–H and O–H groups in total. The predicted molar refractivity (Wildman–Crippen MR) is 95.8 cm³/mol. The third-order valence-electron chi connectivity index (χ3n) is 5.27. The summed E-state index contributed by atoms with van der Waals surface area (Å²) in [6.45, 7) is 3.90. The second-order valence-electron chi connectivity index (χ2n) is 6.88. The molecule has 0 aromatic heterocycles. The fourth-order valence-electron chi connectivity index (χ4n) is 3.62. The third-order valence-corrected chi connectivity index (χ3v) is 5.27. The summed E-state index contributed by atoms with van der Waals surface area (Å²) >= 11 is 0.